The molecule has 1 aromatic carbocycles. The normalized spacial score (nSPS) is 10.7. The Morgan fingerprint density at radius 2 is 2.06 bits per heavy atom. The van der Waals surface area contributed by atoms with Crippen molar-refractivity contribution in [2.75, 3.05) is 7.11 Å². The second-order valence-corrected chi connectivity index (χ2v) is 3.76. The van der Waals surface area contributed by atoms with Gasteiger partial charge in [-0.1, -0.05) is 0 Å². The molecular weight excluding hydrogens is 244 g/mol. The topological polar surface area (TPSA) is 59.2 Å². The number of rotatable bonds is 1. The van der Waals surface area contributed by atoms with Crippen molar-refractivity contribution in [3.05, 3.63) is 45.2 Å². The van der Waals surface area contributed by atoms with E-state index in [0.717, 1.165) is 19.4 Å². The molecule has 0 radical (unpaired) electrons. The molecule has 1 N–H and O–H groups in total. The van der Waals surface area contributed by atoms with Crippen molar-refractivity contribution in [2.24, 2.45) is 0 Å². The predicted octanol–water partition coefficient (Wildman–Crippen LogP) is 1.90. The van der Waals surface area contributed by atoms with E-state index in [1.165, 1.54) is 6.92 Å². The predicted molar refractivity (Wildman–Crippen MR) is 60.6 cm³/mol. The fourth-order valence-corrected chi connectivity index (χ4v) is 1.71. The van der Waals surface area contributed by atoms with E-state index in [2.05, 4.69) is 9.72 Å². The average molecular weight is 253 g/mol. The molecule has 1 aromatic heterocycles. The molecule has 2 rings (SSSR count). The Morgan fingerprint density at radius 3 is 2.67 bits per heavy atom. The van der Waals surface area contributed by atoms with Crippen molar-refractivity contribution >= 4 is 16.9 Å². The lowest BCUT2D eigenvalue weighted by atomic mass is 10.1. The van der Waals surface area contributed by atoms with Crippen LogP contribution in [0.2, 0.25) is 0 Å². The summed E-state index contributed by atoms with van der Waals surface area (Å²) in [6, 6.07) is 0.978. The molecule has 0 saturated carbocycles. The van der Waals surface area contributed by atoms with Crippen molar-refractivity contribution < 1.29 is 18.3 Å². The number of hydrogen-bond acceptors (Lipinski definition) is 3. The highest BCUT2D eigenvalue weighted by Crippen LogP contribution is 2.20. The second kappa shape index (κ2) is 4.21. The molecule has 0 unspecified atom stereocenters. The first-order valence-electron chi connectivity index (χ1n) is 5.05. The first kappa shape index (κ1) is 12.2. The van der Waals surface area contributed by atoms with E-state index >= 15 is 0 Å². The van der Waals surface area contributed by atoms with Crippen LogP contribution in [-0.2, 0) is 4.74 Å². The van der Waals surface area contributed by atoms with Gasteiger partial charge in [-0.05, 0) is 18.6 Å². The van der Waals surface area contributed by atoms with Gasteiger partial charge in [-0.15, -0.1) is 0 Å². The van der Waals surface area contributed by atoms with Crippen molar-refractivity contribution in [3.63, 3.8) is 0 Å². The molecule has 18 heavy (non-hydrogen) atoms. The van der Waals surface area contributed by atoms with Crippen LogP contribution in [0.3, 0.4) is 0 Å². The van der Waals surface area contributed by atoms with Crippen LogP contribution in [0, 0.1) is 18.6 Å². The molecular formula is C12H9F2NO3. The minimum absolute atomic E-state index is 0.00693. The lowest BCUT2D eigenvalue weighted by Crippen LogP contribution is -2.18. The highest BCUT2D eigenvalue weighted by Gasteiger charge is 2.19. The van der Waals surface area contributed by atoms with Crippen molar-refractivity contribution in [2.45, 2.75) is 6.92 Å². The molecule has 0 aliphatic rings. The number of aromatic nitrogens is 1. The molecule has 0 saturated heterocycles. The maximum atomic E-state index is 13.8. The zero-order chi connectivity index (χ0) is 13.4. The molecule has 0 amide bonds. The quantitative estimate of drug-likeness (QED) is 0.789. The molecule has 0 fully saturated rings. The van der Waals surface area contributed by atoms with Crippen LogP contribution >= 0.6 is 0 Å². The maximum Gasteiger partial charge on any atom is 0.343 e. The first-order chi connectivity index (χ1) is 8.47. The average Bonchev–Trinajstić information content (AvgIpc) is 2.35. The third-order valence-corrected chi connectivity index (χ3v) is 2.64. The number of aryl methyl sites for hydroxylation is 1. The van der Waals surface area contributed by atoms with Crippen LogP contribution < -0.4 is 5.43 Å². The standard InChI is InChI=1S/C12H9F2NO3/c1-5-3-7(13)10-8(9(5)14)11(16)6(4-15-10)12(17)18-2/h3-4H,1-2H3,(H,15,16). The lowest BCUT2D eigenvalue weighted by Gasteiger charge is -2.05. The fraction of sp³-hybridized carbons (Fsp3) is 0.167. The monoisotopic (exact) mass is 253 g/mol. The van der Waals surface area contributed by atoms with E-state index in [9.17, 15) is 18.4 Å². The number of carbonyl (C=O) groups excluding carboxylic acids is 1. The highest BCUT2D eigenvalue weighted by molar-refractivity contribution is 5.93. The van der Waals surface area contributed by atoms with Crippen LogP contribution in [0.4, 0.5) is 8.78 Å². The number of fused-ring (bicyclic) bond motifs is 1. The van der Waals surface area contributed by atoms with Gasteiger partial charge in [0, 0.05) is 6.20 Å². The molecule has 0 aliphatic heterocycles. The van der Waals surface area contributed by atoms with Gasteiger partial charge in [0.1, 0.15) is 17.2 Å². The zero-order valence-corrected chi connectivity index (χ0v) is 9.64. The van der Waals surface area contributed by atoms with E-state index < -0.39 is 28.4 Å². The van der Waals surface area contributed by atoms with Gasteiger partial charge < -0.3 is 9.72 Å². The Morgan fingerprint density at radius 1 is 1.39 bits per heavy atom. The van der Waals surface area contributed by atoms with Crippen LogP contribution in [0.1, 0.15) is 15.9 Å². The van der Waals surface area contributed by atoms with Gasteiger partial charge in [0.15, 0.2) is 0 Å². The van der Waals surface area contributed by atoms with E-state index in [1.807, 2.05) is 0 Å². The number of carbonyl (C=O) groups is 1. The largest absolute Gasteiger partial charge is 0.465 e. The molecule has 6 heteroatoms. The molecule has 94 valence electrons. The van der Waals surface area contributed by atoms with Gasteiger partial charge in [-0.25, -0.2) is 13.6 Å². The van der Waals surface area contributed by atoms with Crippen LogP contribution in [0.25, 0.3) is 10.9 Å². The van der Waals surface area contributed by atoms with Crippen LogP contribution in [-0.4, -0.2) is 18.1 Å². The number of nitrogens with one attached hydrogen (secondary N) is 1. The summed E-state index contributed by atoms with van der Waals surface area (Å²) in [5.41, 5.74) is -1.53. The first-order valence-corrected chi connectivity index (χ1v) is 5.05. The number of esters is 1. The van der Waals surface area contributed by atoms with Gasteiger partial charge in [-0.2, -0.15) is 0 Å². The molecule has 0 bridgehead atoms. The summed E-state index contributed by atoms with van der Waals surface area (Å²) >= 11 is 0. The molecule has 0 atom stereocenters. The highest BCUT2D eigenvalue weighted by atomic mass is 19.1. The summed E-state index contributed by atoms with van der Waals surface area (Å²) in [7, 11) is 1.10. The number of halogens is 2. The zero-order valence-electron chi connectivity index (χ0n) is 9.64. The third-order valence-electron chi connectivity index (χ3n) is 2.64. The number of benzene rings is 1. The van der Waals surface area contributed by atoms with E-state index in [-0.39, 0.29) is 16.6 Å². The number of methoxy groups -OCH3 is 1. The molecule has 0 aliphatic carbocycles. The Balaban J connectivity index is 2.94. The third kappa shape index (κ3) is 1.66. The summed E-state index contributed by atoms with van der Waals surface area (Å²) < 4.78 is 31.8. The summed E-state index contributed by atoms with van der Waals surface area (Å²) in [6.45, 7) is 1.34. The Kier molecular flexibility index (Phi) is 2.86. The van der Waals surface area contributed by atoms with Gasteiger partial charge >= 0.3 is 5.97 Å². The smallest absolute Gasteiger partial charge is 0.343 e. The number of hydrogen-bond donors (Lipinski definition) is 1. The minimum Gasteiger partial charge on any atom is -0.465 e. The van der Waals surface area contributed by atoms with Crippen molar-refractivity contribution in [3.8, 4) is 0 Å². The van der Waals surface area contributed by atoms with E-state index in [0.29, 0.717) is 0 Å². The number of H-pyrrole nitrogens is 1. The molecule has 0 spiro atoms. The molecule has 1 heterocycles. The Hall–Kier alpha value is -2.24. The fourth-order valence-electron chi connectivity index (χ4n) is 1.71. The minimum atomic E-state index is -0.903. The van der Waals surface area contributed by atoms with Gasteiger partial charge in [0.25, 0.3) is 0 Å². The summed E-state index contributed by atoms with van der Waals surface area (Å²) in [6.07, 6.45) is 1.01. The Bertz CT molecular complexity index is 707. The van der Waals surface area contributed by atoms with Gasteiger partial charge in [-0.3, -0.25) is 4.79 Å². The van der Waals surface area contributed by atoms with Crippen LogP contribution in [0.5, 0.6) is 0 Å². The summed E-state index contributed by atoms with van der Waals surface area (Å²) in [5, 5.41) is -0.476. The van der Waals surface area contributed by atoms with Crippen molar-refractivity contribution in [1.82, 2.24) is 4.98 Å². The van der Waals surface area contributed by atoms with Gasteiger partial charge in [0.2, 0.25) is 5.43 Å². The van der Waals surface area contributed by atoms with E-state index in [4.69, 9.17) is 0 Å². The summed E-state index contributed by atoms with van der Waals surface area (Å²) in [4.78, 5) is 25.6. The molecule has 2 aromatic rings. The lowest BCUT2D eigenvalue weighted by molar-refractivity contribution is 0.0599. The van der Waals surface area contributed by atoms with Crippen molar-refractivity contribution in [1.29, 1.82) is 0 Å². The summed E-state index contributed by atoms with van der Waals surface area (Å²) in [5.74, 6) is -2.50. The Labute approximate surface area is 100 Å². The number of aromatic amines is 1. The van der Waals surface area contributed by atoms with E-state index in [1.54, 1.807) is 0 Å². The molecule has 4 nitrogen and oxygen atoms in total. The maximum absolute atomic E-state index is 13.8. The van der Waals surface area contributed by atoms with Crippen LogP contribution in [0.15, 0.2) is 17.1 Å². The van der Waals surface area contributed by atoms with Gasteiger partial charge in [0.05, 0.1) is 18.0 Å². The number of ether oxygens (including phenoxy) is 1. The number of pyridine rings is 1. The second-order valence-electron chi connectivity index (χ2n) is 3.76. The SMILES string of the molecule is COC(=O)c1c[nH]c2c(F)cc(C)c(F)c2c1=O.